The number of nitriles is 1. The molecular formula is C25H21ClN4O. The number of nitrogens with one attached hydrogen (secondary N) is 1. The molecule has 1 aromatic heterocycles. The van der Waals surface area contributed by atoms with E-state index in [9.17, 15) is 10.1 Å². The van der Waals surface area contributed by atoms with Crippen LogP contribution >= 0.6 is 11.6 Å². The maximum Gasteiger partial charge on any atom is 0.161 e. The third-order valence-electron chi connectivity index (χ3n) is 6.31. The first-order chi connectivity index (χ1) is 14.8. The first-order valence-electron chi connectivity index (χ1n) is 10.3. The van der Waals surface area contributed by atoms with E-state index >= 15 is 0 Å². The van der Waals surface area contributed by atoms with Crippen molar-refractivity contribution < 1.29 is 4.79 Å². The van der Waals surface area contributed by atoms with Crippen molar-refractivity contribution >= 4 is 34.0 Å². The van der Waals surface area contributed by atoms with Gasteiger partial charge in [0.05, 0.1) is 11.6 Å². The molecule has 2 atom stereocenters. The number of ketones is 1. The third kappa shape index (κ3) is 3.02. The Bertz CT molecular complexity index is 1380. The van der Waals surface area contributed by atoms with Crippen molar-refractivity contribution in [3.05, 3.63) is 76.0 Å². The van der Waals surface area contributed by atoms with Crippen molar-refractivity contribution in [3.63, 3.8) is 0 Å². The molecule has 0 saturated carbocycles. The van der Waals surface area contributed by atoms with E-state index in [2.05, 4.69) is 24.9 Å². The molecule has 5 nitrogen and oxygen atoms in total. The number of aromatic nitrogens is 2. The molecule has 3 aromatic rings. The molecule has 2 heterocycles. The number of para-hydroxylation sites is 1. The van der Waals surface area contributed by atoms with Crippen LogP contribution in [0.1, 0.15) is 49.9 Å². The van der Waals surface area contributed by atoms with Gasteiger partial charge in [0.1, 0.15) is 11.7 Å². The zero-order valence-electron chi connectivity index (χ0n) is 17.3. The van der Waals surface area contributed by atoms with Crippen molar-refractivity contribution in [2.45, 2.75) is 38.5 Å². The summed E-state index contributed by atoms with van der Waals surface area (Å²) in [7, 11) is 0. The molecule has 0 amide bonds. The van der Waals surface area contributed by atoms with Crippen molar-refractivity contribution in [3.8, 4) is 6.07 Å². The summed E-state index contributed by atoms with van der Waals surface area (Å²) in [6, 6.07) is 17.3. The molecule has 6 heteroatoms. The summed E-state index contributed by atoms with van der Waals surface area (Å²) in [5.41, 5.74) is 3.20. The number of benzene rings is 2. The van der Waals surface area contributed by atoms with Gasteiger partial charge < -0.3 is 0 Å². The minimum Gasteiger partial charge on any atom is -0.300 e. The molecule has 0 fully saturated rings. The highest BCUT2D eigenvalue weighted by Gasteiger charge is 2.45. The van der Waals surface area contributed by atoms with Gasteiger partial charge in [0.25, 0.3) is 0 Å². The zero-order valence-corrected chi connectivity index (χ0v) is 18.1. The molecule has 0 bridgehead atoms. The number of hydrogen-bond acceptors (Lipinski definition) is 4. The lowest BCUT2D eigenvalue weighted by Crippen LogP contribution is -2.37. The molecular weight excluding hydrogens is 408 g/mol. The lowest BCUT2D eigenvalue weighted by atomic mass is 9.67. The number of allylic oxidation sites excluding steroid dienone is 2. The fourth-order valence-corrected chi connectivity index (χ4v) is 5.17. The average Bonchev–Trinajstić information content (AvgIpc) is 2.72. The molecule has 154 valence electrons. The molecule has 1 aliphatic heterocycles. The van der Waals surface area contributed by atoms with Crippen LogP contribution in [0.15, 0.2) is 54.1 Å². The second-order valence-corrected chi connectivity index (χ2v) is 9.54. The van der Waals surface area contributed by atoms with E-state index in [0.29, 0.717) is 34.6 Å². The summed E-state index contributed by atoms with van der Waals surface area (Å²) in [6.45, 7) is 4.19. The monoisotopic (exact) mass is 428 g/mol. The van der Waals surface area contributed by atoms with Crippen molar-refractivity contribution in [2.24, 2.45) is 5.41 Å². The minimum absolute atomic E-state index is 0.0728. The highest BCUT2D eigenvalue weighted by molar-refractivity contribution is 6.30. The van der Waals surface area contributed by atoms with E-state index in [1.807, 2.05) is 41.0 Å². The second-order valence-electron chi connectivity index (χ2n) is 9.11. The molecule has 0 spiro atoms. The SMILES string of the molecule is CC1(C)CC(=O)C2=C(C1)n1c(nc(=N)c3ccccc31)C(C#N)C2c1ccc(Cl)cc1. The molecule has 2 aromatic carbocycles. The molecule has 2 unspecified atom stereocenters. The summed E-state index contributed by atoms with van der Waals surface area (Å²) >= 11 is 6.11. The Morgan fingerprint density at radius 3 is 2.58 bits per heavy atom. The van der Waals surface area contributed by atoms with Crippen LogP contribution in [0.2, 0.25) is 5.02 Å². The predicted molar refractivity (Wildman–Crippen MR) is 119 cm³/mol. The topological polar surface area (TPSA) is 82.5 Å². The van der Waals surface area contributed by atoms with Gasteiger partial charge in [-0.05, 0) is 41.7 Å². The Morgan fingerprint density at radius 1 is 1.16 bits per heavy atom. The quantitative estimate of drug-likeness (QED) is 0.580. The summed E-state index contributed by atoms with van der Waals surface area (Å²) in [5.74, 6) is -0.522. The number of nitrogens with zero attached hydrogens (tertiary/aromatic N) is 3. The van der Waals surface area contributed by atoms with E-state index in [1.165, 1.54) is 0 Å². The van der Waals surface area contributed by atoms with Crippen LogP contribution in [-0.2, 0) is 4.79 Å². The van der Waals surface area contributed by atoms with Gasteiger partial charge in [-0.3, -0.25) is 14.8 Å². The van der Waals surface area contributed by atoms with Crippen LogP contribution < -0.4 is 5.49 Å². The highest BCUT2D eigenvalue weighted by Crippen LogP contribution is 2.51. The minimum atomic E-state index is -0.682. The fraction of sp³-hybridized carbons (Fsp3) is 0.280. The highest BCUT2D eigenvalue weighted by atomic mass is 35.5. The van der Waals surface area contributed by atoms with Gasteiger partial charge in [-0.25, -0.2) is 4.98 Å². The Balaban J connectivity index is 1.91. The van der Waals surface area contributed by atoms with E-state index in [4.69, 9.17) is 17.0 Å². The lowest BCUT2D eigenvalue weighted by Gasteiger charge is -2.41. The maximum atomic E-state index is 13.5. The molecule has 1 N–H and O–H groups in total. The van der Waals surface area contributed by atoms with Gasteiger partial charge in [-0.15, -0.1) is 0 Å². The summed E-state index contributed by atoms with van der Waals surface area (Å²) in [4.78, 5) is 18.1. The van der Waals surface area contributed by atoms with Crippen molar-refractivity contribution in [1.82, 2.24) is 9.55 Å². The zero-order chi connectivity index (χ0) is 21.9. The first kappa shape index (κ1) is 19.7. The van der Waals surface area contributed by atoms with E-state index in [0.717, 1.165) is 16.8 Å². The molecule has 1 aliphatic carbocycles. The Labute approximate surface area is 185 Å². The van der Waals surface area contributed by atoms with Gasteiger partial charge >= 0.3 is 0 Å². The van der Waals surface area contributed by atoms with Crippen LogP contribution in [-0.4, -0.2) is 15.3 Å². The molecule has 0 radical (unpaired) electrons. The molecule has 31 heavy (non-hydrogen) atoms. The summed E-state index contributed by atoms with van der Waals surface area (Å²) in [6.07, 6.45) is 1.13. The van der Waals surface area contributed by atoms with Gasteiger partial charge in [0.15, 0.2) is 11.3 Å². The number of hydrogen-bond donors (Lipinski definition) is 1. The summed E-state index contributed by atoms with van der Waals surface area (Å²) in [5, 5.41) is 20.0. The lowest BCUT2D eigenvalue weighted by molar-refractivity contribution is -0.118. The average molecular weight is 429 g/mol. The molecule has 5 rings (SSSR count). The summed E-state index contributed by atoms with van der Waals surface area (Å²) < 4.78 is 1.97. The number of Topliss-reactive ketones (excluding diaryl/α,β-unsaturated/α-hetero) is 1. The van der Waals surface area contributed by atoms with Crippen LogP contribution in [0, 0.1) is 22.2 Å². The van der Waals surface area contributed by atoms with Crippen molar-refractivity contribution in [1.29, 1.82) is 10.7 Å². The number of halogens is 1. The number of fused-ring (bicyclic) bond motifs is 4. The Hall–Kier alpha value is -3.23. The van der Waals surface area contributed by atoms with Crippen LogP contribution in [0.3, 0.4) is 0 Å². The van der Waals surface area contributed by atoms with Crippen LogP contribution in [0.25, 0.3) is 16.6 Å². The molecule has 0 saturated heterocycles. The first-order valence-corrected chi connectivity index (χ1v) is 10.7. The van der Waals surface area contributed by atoms with Gasteiger partial charge in [0.2, 0.25) is 0 Å². The van der Waals surface area contributed by atoms with Gasteiger partial charge in [-0.1, -0.05) is 49.7 Å². The standard InChI is InChI=1S/C25H21ClN4O/c1-25(2)11-19-22(20(31)12-25)21(14-7-9-15(26)10-8-14)17(13-27)24-29-23(28)16-5-3-4-6-18(16)30(19)24/h3-10,17,21,28H,11-12H2,1-2H3. The predicted octanol–water partition coefficient (Wildman–Crippen LogP) is 5.17. The molecule has 2 aliphatic rings. The third-order valence-corrected chi connectivity index (χ3v) is 6.56. The van der Waals surface area contributed by atoms with Crippen molar-refractivity contribution in [2.75, 3.05) is 0 Å². The van der Waals surface area contributed by atoms with E-state index < -0.39 is 11.8 Å². The largest absolute Gasteiger partial charge is 0.300 e. The number of carbonyl (C=O) groups excluding carboxylic acids is 1. The van der Waals surface area contributed by atoms with Crippen LogP contribution in [0.4, 0.5) is 0 Å². The second kappa shape index (κ2) is 6.90. The Morgan fingerprint density at radius 2 is 1.87 bits per heavy atom. The van der Waals surface area contributed by atoms with E-state index in [-0.39, 0.29) is 16.7 Å². The van der Waals surface area contributed by atoms with Crippen LogP contribution in [0.5, 0.6) is 0 Å². The number of rotatable bonds is 1. The Kier molecular flexibility index (Phi) is 4.39. The normalized spacial score (nSPS) is 22.1. The fourth-order valence-electron chi connectivity index (χ4n) is 5.04. The maximum absolute atomic E-state index is 13.5. The van der Waals surface area contributed by atoms with Gasteiger partial charge in [0, 0.05) is 34.0 Å². The van der Waals surface area contributed by atoms with Gasteiger partial charge in [-0.2, -0.15) is 5.26 Å². The number of carbonyl (C=O) groups is 1. The smallest absolute Gasteiger partial charge is 0.161 e. The van der Waals surface area contributed by atoms with E-state index in [1.54, 1.807) is 12.1 Å².